The molecule has 3 fully saturated rings. The fraction of sp³-hybridized carbons (Fsp3) is 0.923. The quantitative estimate of drug-likeness (QED) is 0.756. The number of hydrogen-bond donors (Lipinski definition) is 1. The maximum Gasteiger partial charge on any atom is 0.236 e. The number of hydrogen-bond acceptors (Lipinski definition) is 3. The zero-order chi connectivity index (χ0) is 11.8. The van der Waals surface area contributed by atoms with Gasteiger partial charge in [-0.25, -0.2) is 0 Å². The van der Waals surface area contributed by atoms with Crippen molar-refractivity contribution >= 4 is 5.91 Å². The van der Waals surface area contributed by atoms with Gasteiger partial charge in [0.25, 0.3) is 0 Å². The van der Waals surface area contributed by atoms with Crippen LogP contribution in [0.25, 0.3) is 0 Å². The Morgan fingerprint density at radius 2 is 1.94 bits per heavy atom. The summed E-state index contributed by atoms with van der Waals surface area (Å²) in [7, 11) is 0. The number of amides is 1. The van der Waals surface area contributed by atoms with Gasteiger partial charge >= 0.3 is 0 Å². The Hall–Kier alpha value is -0.610. The summed E-state index contributed by atoms with van der Waals surface area (Å²) in [6, 6.07) is 0.566. The van der Waals surface area contributed by atoms with Gasteiger partial charge in [0.05, 0.1) is 6.54 Å². The fourth-order valence-electron chi connectivity index (χ4n) is 3.39. The molecule has 1 aliphatic carbocycles. The minimum atomic E-state index is 0.350. The Morgan fingerprint density at radius 3 is 2.47 bits per heavy atom. The van der Waals surface area contributed by atoms with Crippen molar-refractivity contribution in [1.29, 1.82) is 0 Å². The fourth-order valence-corrected chi connectivity index (χ4v) is 3.39. The SMILES string of the molecule is CCN(C(=O)CN1C[C@H]2CNC[C@H]2C1)C1CC1. The molecule has 0 unspecified atom stereocenters. The molecule has 2 heterocycles. The molecule has 0 spiro atoms. The van der Waals surface area contributed by atoms with E-state index >= 15 is 0 Å². The lowest BCUT2D eigenvalue weighted by Crippen LogP contribution is -2.41. The van der Waals surface area contributed by atoms with Gasteiger partial charge in [0, 0.05) is 25.7 Å². The highest BCUT2D eigenvalue weighted by atomic mass is 16.2. The maximum atomic E-state index is 12.2. The molecule has 2 saturated heterocycles. The highest BCUT2D eigenvalue weighted by molar-refractivity contribution is 5.79. The number of carbonyl (C=O) groups excluding carboxylic acids is 1. The normalized spacial score (nSPS) is 32.8. The van der Waals surface area contributed by atoms with E-state index in [0.717, 1.165) is 44.6 Å². The maximum absolute atomic E-state index is 12.2. The minimum Gasteiger partial charge on any atom is -0.339 e. The van der Waals surface area contributed by atoms with Gasteiger partial charge in [0.2, 0.25) is 5.91 Å². The number of rotatable bonds is 4. The van der Waals surface area contributed by atoms with E-state index in [1.54, 1.807) is 0 Å². The molecule has 4 nitrogen and oxygen atoms in total. The number of carbonyl (C=O) groups is 1. The highest BCUT2D eigenvalue weighted by Crippen LogP contribution is 2.28. The summed E-state index contributed by atoms with van der Waals surface area (Å²) in [5.41, 5.74) is 0. The molecule has 17 heavy (non-hydrogen) atoms. The molecule has 96 valence electrons. The van der Waals surface area contributed by atoms with Crippen molar-refractivity contribution in [3.05, 3.63) is 0 Å². The van der Waals surface area contributed by atoms with Crippen LogP contribution in [0.2, 0.25) is 0 Å². The van der Waals surface area contributed by atoms with Crippen molar-refractivity contribution in [2.45, 2.75) is 25.8 Å². The highest BCUT2D eigenvalue weighted by Gasteiger charge is 2.38. The Morgan fingerprint density at radius 1 is 1.29 bits per heavy atom. The van der Waals surface area contributed by atoms with Crippen LogP contribution < -0.4 is 5.32 Å². The zero-order valence-corrected chi connectivity index (χ0v) is 10.7. The van der Waals surface area contributed by atoms with E-state index in [1.165, 1.54) is 12.8 Å². The second kappa shape index (κ2) is 4.58. The van der Waals surface area contributed by atoms with Crippen LogP contribution in [-0.4, -0.2) is 61.0 Å². The summed E-state index contributed by atoms with van der Waals surface area (Å²) in [5.74, 6) is 1.93. The Kier molecular flexibility index (Phi) is 3.09. The third kappa shape index (κ3) is 2.33. The number of nitrogens with one attached hydrogen (secondary N) is 1. The van der Waals surface area contributed by atoms with E-state index in [0.29, 0.717) is 18.5 Å². The van der Waals surface area contributed by atoms with Crippen LogP contribution in [0.15, 0.2) is 0 Å². The van der Waals surface area contributed by atoms with Crippen LogP contribution in [-0.2, 0) is 4.79 Å². The van der Waals surface area contributed by atoms with Crippen molar-refractivity contribution < 1.29 is 4.79 Å². The van der Waals surface area contributed by atoms with Crippen LogP contribution in [0, 0.1) is 11.8 Å². The van der Waals surface area contributed by atoms with Crippen LogP contribution in [0.4, 0.5) is 0 Å². The summed E-state index contributed by atoms with van der Waals surface area (Å²) in [6.45, 7) is 8.16. The first-order valence-corrected chi connectivity index (χ1v) is 7.00. The van der Waals surface area contributed by atoms with Gasteiger partial charge in [-0.1, -0.05) is 0 Å². The lowest BCUT2D eigenvalue weighted by Gasteiger charge is -2.24. The molecule has 0 aromatic rings. The Balaban J connectivity index is 1.51. The molecule has 3 rings (SSSR count). The van der Waals surface area contributed by atoms with Crippen molar-refractivity contribution in [3.8, 4) is 0 Å². The lowest BCUT2D eigenvalue weighted by atomic mass is 10.0. The zero-order valence-electron chi connectivity index (χ0n) is 10.7. The summed E-state index contributed by atoms with van der Waals surface area (Å²) >= 11 is 0. The number of likely N-dealkylation sites (tertiary alicyclic amines) is 1. The number of fused-ring (bicyclic) bond motifs is 1. The first-order chi connectivity index (χ1) is 8.28. The summed E-state index contributed by atoms with van der Waals surface area (Å²) in [6.07, 6.45) is 2.43. The largest absolute Gasteiger partial charge is 0.339 e. The monoisotopic (exact) mass is 237 g/mol. The van der Waals surface area contributed by atoms with E-state index in [2.05, 4.69) is 22.0 Å². The third-order valence-corrected chi connectivity index (χ3v) is 4.47. The van der Waals surface area contributed by atoms with Crippen molar-refractivity contribution in [2.75, 3.05) is 39.3 Å². The van der Waals surface area contributed by atoms with Gasteiger partial charge in [0.15, 0.2) is 0 Å². The van der Waals surface area contributed by atoms with Crippen molar-refractivity contribution in [1.82, 2.24) is 15.1 Å². The second-order valence-corrected chi connectivity index (χ2v) is 5.78. The van der Waals surface area contributed by atoms with Gasteiger partial charge in [-0.3, -0.25) is 9.69 Å². The molecule has 0 radical (unpaired) electrons. The molecule has 1 N–H and O–H groups in total. The molecule has 0 bridgehead atoms. The van der Waals surface area contributed by atoms with E-state index in [9.17, 15) is 4.79 Å². The molecule has 2 aliphatic heterocycles. The summed E-state index contributed by atoms with van der Waals surface area (Å²) in [4.78, 5) is 16.6. The molecular formula is C13H23N3O. The van der Waals surface area contributed by atoms with E-state index in [1.807, 2.05) is 0 Å². The van der Waals surface area contributed by atoms with Crippen LogP contribution >= 0.6 is 0 Å². The topological polar surface area (TPSA) is 35.6 Å². The molecule has 3 aliphatic rings. The first kappa shape index (κ1) is 11.5. The summed E-state index contributed by atoms with van der Waals surface area (Å²) in [5, 5.41) is 3.44. The molecular weight excluding hydrogens is 214 g/mol. The van der Waals surface area contributed by atoms with Gasteiger partial charge < -0.3 is 10.2 Å². The average molecular weight is 237 g/mol. The van der Waals surface area contributed by atoms with Crippen LogP contribution in [0.5, 0.6) is 0 Å². The standard InChI is InChI=1S/C13H23N3O/c1-2-16(12-3-4-12)13(17)9-15-7-10-5-14-6-11(10)8-15/h10-12,14H,2-9H2,1H3/t10-,11+. The average Bonchev–Trinajstić information content (AvgIpc) is 2.89. The van der Waals surface area contributed by atoms with Crippen molar-refractivity contribution in [2.24, 2.45) is 11.8 Å². The molecule has 0 aromatic heterocycles. The van der Waals surface area contributed by atoms with Crippen LogP contribution in [0.1, 0.15) is 19.8 Å². The Bertz CT molecular complexity index is 291. The number of likely N-dealkylation sites (N-methyl/N-ethyl adjacent to an activating group) is 1. The van der Waals surface area contributed by atoms with Crippen molar-refractivity contribution in [3.63, 3.8) is 0 Å². The van der Waals surface area contributed by atoms with Gasteiger partial charge in [-0.15, -0.1) is 0 Å². The third-order valence-electron chi connectivity index (χ3n) is 4.47. The first-order valence-electron chi connectivity index (χ1n) is 7.00. The van der Waals surface area contributed by atoms with E-state index < -0.39 is 0 Å². The molecule has 2 atom stereocenters. The predicted octanol–water partition coefficient (Wildman–Crippen LogP) is 0.149. The molecule has 0 aromatic carbocycles. The molecule has 1 saturated carbocycles. The second-order valence-electron chi connectivity index (χ2n) is 5.78. The minimum absolute atomic E-state index is 0.350. The van der Waals surface area contributed by atoms with Gasteiger partial charge in [0.1, 0.15) is 0 Å². The van der Waals surface area contributed by atoms with Gasteiger partial charge in [-0.05, 0) is 44.7 Å². The lowest BCUT2D eigenvalue weighted by molar-refractivity contribution is -0.132. The van der Waals surface area contributed by atoms with Crippen LogP contribution in [0.3, 0.4) is 0 Å². The Labute approximate surface area is 103 Å². The smallest absolute Gasteiger partial charge is 0.236 e. The molecule has 1 amide bonds. The number of nitrogens with zero attached hydrogens (tertiary/aromatic N) is 2. The summed E-state index contributed by atoms with van der Waals surface area (Å²) < 4.78 is 0. The van der Waals surface area contributed by atoms with E-state index in [4.69, 9.17) is 0 Å². The predicted molar refractivity (Wildman–Crippen MR) is 66.7 cm³/mol. The molecule has 4 heteroatoms. The van der Waals surface area contributed by atoms with E-state index in [-0.39, 0.29) is 0 Å². The van der Waals surface area contributed by atoms with Gasteiger partial charge in [-0.2, -0.15) is 0 Å².